The van der Waals surface area contributed by atoms with E-state index in [2.05, 4.69) is 0 Å². The Balaban J connectivity index is 2.63. The fourth-order valence-electron chi connectivity index (χ4n) is 1.80. The van der Waals surface area contributed by atoms with Crippen LogP contribution in [0.4, 0.5) is 11.4 Å². The second kappa shape index (κ2) is 4.85. The normalized spacial score (nSPS) is 10.6. The van der Waals surface area contributed by atoms with Crippen molar-refractivity contribution in [2.75, 3.05) is 12.3 Å². The van der Waals surface area contributed by atoms with E-state index in [0.29, 0.717) is 15.8 Å². The lowest BCUT2D eigenvalue weighted by molar-refractivity contribution is -0.383. The molecule has 0 fully saturated rings. The summed E-state index contributed by atoms with van der Waals surface area (Å²) < 4.78 is 5.68. The van der Waals surface area contributed by atoms with E-state index in [1.165, 1.54) is 17.4 Å². The van der Waals surface area contributed by atoms with Crippen LogP contribution in [-0.2, 0) is 4.74 Å². The third-order valence-corrected chi connectivity index (χ3v) is 4.00. The molecule has 1 aromatic carbocycles. The second-order valence-electron chi connectivity index (χ2n) is 3.94. The van der Waals surface area contributed by atoms with Crippen molar-refractivity contribution in [2.24, 2.45) is 0 Å². The minimum atomic E-state index is -0.524. The van der Waals surface area contributed by atoms with Crippen LogP contribution in [0.5, 0.6) is 0 Å². The highest BCUT2D eigenvalue weighted by atomic mass is 32.1. The monoisotopic (exact) mass is 280 g/mol. The third-order valence-electron chi connectivity index (χ3n) is 2.75. The van der Waals surface area contributed by atoms with Gasteiger partial charge in [0.15, 0.2) is 0 Å². The van der Waals surface area contributed by atoms with Crippen LogP contribution in [0, 0.1) is 17.0 Å². The molecule has 1 aromatic heterocycles. The van der Waals surface area contributed by atoms with Crippen molar-refractivity contribution in [1.82, 2.24) is 0 Å². The quantitative estimate of drug-likeness (QED) is 0.403. The number of rotatable bonds is 3. The number of nitrogen functional groups attached to an aromatic ring is 1. The first-order valence-corrected chi connectivity index (χ1v) is 6.41. The lowest BCUT2D eigenvalue weighted by atomic mass is 10.1. The smallest absolute Gasteiger partial charge is 0.348 e. The van der Waals surface area contributed by atoms with E-state index in [1.54, 1.807) is 19.9 Å². The molecule has 0 bridgehead atoms. The van der Waals surface area contributed by atoms with Gasteiger partial charge in [0.25, 0.3) is 5.69 Å². The number of benzene rings is 1. The van der Waals surface area contributed by atoms with Crippen LogP contribution < -0.4 is 5.73 Å². The largest absolute Gasteiger partial charge is 0.462 e. The van der Waals surface area contributed by atoms with Gasteiger partial charge in [-0.05, 0) is 25.5 Å². The molecule has 0 amide bonds. The van der Waals surface area contributed by atoms with E-state index in [1.807, 2.05) is 0 Å². The number of ether oxygens (including phenoxy) is 1. The average molecular weight is 280 g/mol. The van der Waals surface area contributed by atoms with Crippen molar-refractivity contribution in [3.8, 4) is 0 Å². The fourth-order valence-corrected chi connectivity index (χ4v) is 2.85. The Bertz CT molecular complexity index is 678. The molecule has 2 aromatic rings. The molecule has 0 saturated heterocycles. The molecule has 6 nitrogen and oxygen atoms in total. The van der Waals surface area contributed by atoms with Crippen molar-refractivity contribution >= 4 is 38.8 Å². The van der Waals surface area contributed by atoms with Gasteiger partial charge in [0, 0.05) is 16.2 Å². The molecule has 0 radical (unpaired) electrons. The van der Waals surface area contributed by atoms with E-state index in [4.69, 9.17) is 10.5 Å². The van der Waals surface area contributed by atoms with Gasteiger partial charge in [-0.25, -0.2) is 4.79 Å². The van der Waals surface area contributed by atoms with Gasteiger partial charge in [0.1, 0.15) is 10.6 Å². The zero-order valence-corrected chi connectivity index (χ0v) is 11.2. The van der Waals surface area contributed by atoms with Crippen molar-refractivity contribution < 1.29 is 14.5 Å². The molecule has 0 atom stereocenters. The van der Waals surface area contributed by atoms with Gasteiger partial charge in [-0.15, -0.1) is 11.3 Å². The summed E-state index contributed by atoms with van der Waals surface area (Å²) in [5.41, 5.74) is 6.35. The number of anilines is 1. The van der Waals surface area contributed by atoms with E-state index in [-0.39, 0.29) is 18.0 Å². The number of fused-ring (bicyclic) bond motifs is 1. The van der Waals surface area contributed by atoms with Crippen LogP contribution in [-0.4, -0.2) is 17.5 Å². The number of carbonyl (C=O) groups excluding carboxylic acids is 1. The first-order chi connectivity index (χ1) is 8.95. The summed E-state index contributed by atoms with van der Waals surface area (Å²) in [5, 5.41) is 11.5. The summed E-state index contributed by atoms with van der Waals surface area (Å²) in [5.74, 6) is -0.427. The maximum Gasteiger partial charge on any atom is 0.348 e. The minimum absolute atomic E-state index is 0.134. The predicted molar refractivity (Wildman–Crippen MR) is 73.6 cm³/mol. The van der Waals surface area contributed by atoms with Gasteiger partial charge in [-0.2, -0.15) is 0 Å². The Morgan fingerprint density at radius 2 is 2.21 bits per heavy atom. The van der Waals surface area contributed by atoms with Gasteiger partial charge in [0.2, 0.25) is 0 Å². The van der Waals surface area contributed by atoms with E-state index >= 15 is 0 Å². The van der Waals surface area contributed by atoms with Gasteiger partial charge >= 0.3 is 5.97 Å². The number of esters is 1. The molecule has 2 rings (SSSR count). The summed E-state index contributed by atoms with van der Waals surface area (Å²) in [6.45, 7) is 3.71. The Morgan fingerprint density at radius 1 is 1.53 bits per heavy atom. The Labute approximate surface area is 112 Å². The molecule has 7 heteroatoms. The highest BCUT2D eigenvalue weighted by molar-refractivity contribution is 7.21. The third kappa shape index (κ3) is 2.24. The summed E-state index contributed by atoms with van der Waals surface area (Å²) in [4.78, 5) is 22.4. The maximum atomic E-state index is 11.7. The number of hydrogen-bond donors (Lipinski definition) is 1. The van der Waals surface area contributed by atoms with Gasteiger partial charge in [-0.3, -0.25) is 10.1 Å². The number of nitrogens with zero attached hydrogens (tertiary/aromatic N) is 1. The molecule has 0 aliphatic heterocycles. The zero-order valence-electron chi connectivity index (χ0n) is 10.4. The Hall–Kier alpha value is -2.15. The molecule has 100 valence electrons. The second-order valence-corrected chi connectivity index (χ2v) is 4.99. The van der Waals surface area contributed by atoms with Crippen molar-refractivity contribution in [3.63, 3.8) is 0 Å². The SMILES string of the molecule is CCOC(=O)c1cc2cc([N+](=O)[O-])c(N)c(C)c2s1. The lowest BCUT2D eigenvalue weighted by Gasteiger charge is -2.02. The topological polar surface area (TPSA) is 95.5 Å². The molecule has 2 N–H and O–H groups in total. The van der Waals surface area contributed by atoms with Crippen LogP contribution in [0.25, 0.3) is 10.1 Å². The number of nitro benzene ring substituents is 1. The molecule has 1 heterocycles. The number of aryl methyl sites for hydroxylation is 1. The fraction of sp³-hybridized carbons (Fsp3) is 0.250. The molecule has 19 heavy (non-hydrogen) atoms. The molecule has 0 unspecified atom stereocenters. The van der Waals surface area contributed by atoms with Crippen LogP contribution >= 0.6 is 11.3 Å². The number of nitrogens with two attached hydrogens (primary N) is 1. The predicted octanol–water partition coefficient (Wildman–Crippen LogP) is 2.88. The summed E-state index contributed by atoms with van der Waals surface area (Å²) in [7, 11) is 0. The standard InChI is InChI=1S/C12H12N2O4S/c1-3-18-12(15)9-5-7-4-8(14(16)17)10(13)6(2)11(7)19-9/h4-5H,3,13H2,1-2H3. The van der Waals surface area contributed by atoms with Gasteiger partial charge in [-0.1, -0.05) is 0 Å². The van der Waals surface area contributed by atoms with Crippen LogP contribution in [0.15, 0.2) is 12.1 Å². The number of hydrogen-bond acceptors (Lipinski definition) is 6. The molecular weight excluding hydrogens is 268 g/mol. The molecule has 0 aliphatic carbocycles. The van der Waals surface area contributed by atoms with Crippen molar-refractivity contribution in [1.29, 1.82) is 0 Å². The van der Waals surface area contributed by atoms with Gasteiger partial charge in [0.05, 0.1) is 11.5 Å². The Morgan fingerprint density at radius 3 is 2.79 bits per heavy atom. The summed E-state index contributed by atoms with van der Waals surface area (Å²) in [6, 6.07) is 2.98. The number of thiophene rings is 1. The van der Waals surface area contributed by atoms with Crippen LogP contribution in [0.3, 0.4) is 0 Å². The molecule has 0 aliphatic rings. The number of nitro groups is 1. The maximum absolute atomic E-state index is 11.7. The van der Waals surface area contributed by atoms with Crippen LogP contribution in [0.2, 0.25) is 0 Å². The van der Waals surface area contributed by atoms with E-state index in [9.17, 15) is 14.9 Å². The average Bonchev–Trinajstić information content (AvgIpc) is 2.78. The Kier molecular flexibility index (Phi) is 3.39. The first kappa shape index (κ1) is 13.3. The van der Waals surface area contributed by atoms with E-state index in [0.717, 1.165) is 4.70 Å². The zero-order chi connectivity index (χ0) is 14.2. The van der Waals surface area contributed by atoms with E-state index < -0.39 is 10.9 Å². The van der Waals surface area contributed by atoms with Crippen molar-refractivity contribution in [3.05, 3.63) is 32.7 Å². The molecule has 0 spiro atoms. The summed E-state index contributed by atoms with van der Waals surface area (Å²) in [6.07, 6.45) is 0. The lowest BCUT2D eigenvalue weighted by Crippen LogP contribution is -2.01. The first-order valence-electron chi connectivity index (χ1n) is 5.59. The molecule has 0 saturated carbocycles. The molecular formula is C12H12N2O4S. The highest BCUT2D eigenvalue weighted by Gasteiger charge is 2.20. The minimum Gasteiger partial charge on any atom is -0.462 e. The van der Waals surface area contributed by atoms with Gasteiger partial charge < -0.3 is 10.5 Å². The van der Waals surface area contributed by atoms with Crippen LogP contribution in [0.1, 0.15) is 22.2 Å². The number of carbonyl (C=O) groups is 1. The van der Waals surface area contributed by atoms with Crippen molar-refractivity contribution in [2.45, 2.75) is 13.8 Å². The highest BCUT2D eigenvalue weighted by Crippen LogP contribution is 2.37. The summed E-state index contributed by atoms with van der Waals surface area (Å²) >= 11 is 1.23.